The van der Waals surface area contributed by atoms with Crippen molar-refractivity contribution in [1.29, 1.82) is 0 Å². The van der Waals surface area contributed by atoms with E-state index in [0.717, 1.165) is 5.56 Å². The fourth-order valence-corrected chi connectivity index (χ4v) is 2.45. The van der Waals surface area contributed by atoms with Crippen LogP contribution in [-0.4, -0.2) is 27.0 Å². The third kappa shape index (κ3) is 4.24. The van der Waals surface area contributed by atoms with Gasteiger partial charge in [0.1, 0.15) is 5.78 Å². The van der Waals surface area contributed by atoms with E-state index < -0.39 is 16.9 Å². The van der Waals surface area contributed by atoms with Crippen LogP contribution < -0.4 is 0 Å². The molecule has 16 heavy (non-hydrogen) atoms. The molecule has 1 rings (SSSR count). The molecule has 0 bridgehead atoms. The van der Waals surface area contributed by atoms with Gasteiger partial charge in [-0.15, -0.1) is 0 Å². The fourth-order valence-electron chi connectivity index (χ4n) is 1.35. The summed E-state index contributed by atoms with van der Waals surface area (Å²) in [6.07, 6.45) is -0.753. The second-order valence-corrected chi connectivity index (χ2v) is 5.38. The molecule has 0 unspecified atom stereocenters. The van der Waals surface area contributed by atoms with Crippen LogP contribution in [0.25, 0.3) is 0 Å². The lowest BCUT2D eigenvalue weighted by atomic mass is 10.2. The highest BCUT2D eigenvalue weighted by atomic mass is 32.2. The topological polar surface area (TPSA) is 54.4 Å². The third-order valence-corrected chi connectivity index (χ3v) is 3.64. The molecule has 0 heterocycles. The maximum Gasteiger partial charge on any atom is 0.132 e. The van der Waals surface area contributed by atoms with Crippen molar-refractivity contribution in [2.24, 2.45) is 0 Å². The number of carbonyl (C=O) groups excluding carboxylic acids is 1. The summed E-state index contributed by atoms with van der Waals surface area (Å²) in [5.74, 6) is 0.0243. The van der Waals surface area contributed by atoms with Crippen LogP contribution in [0.4, 0.5) is 0 Å². The van der Waals surface area contributed by atoms with Crippen LogP contribution in [0.3, 0.4) is 0 Å². The number of aliphatic hydroxyl groups is 1. The van der Waals surface area contributed by atoms with Crippen molar-refractivity contribution in [2.75, 3.05) is 5.75 Å². The Kier molecular flexibility index (Phi) is 4.83. The number of carbonyl (C=O) groups is 1. The summed E-state index contributed by atoms with van der Waals surface area (Å²) < 4.78 is 11.8. The summed E-state index contributed by atoms with van der Waals surface area (Å²) in [4.78, 5) is 11.4. The van der Waals surface area contributed by atoms with Crippen molar-refractivity contribution in [3.05, 3.63) is 29.8 Å². The molecule has 0 radical (unpaired) electrons. The highest BCUT2D eigenvalue weighted by Crippen LogP contribution is 2.10. The van der Waals surface area contributed by atoms with Crippen LogP contribution in [0.1, 0.15) is 18.9 Å². The summed E-state index contributed by atoms with van der Waals surface area (Å²) in [7, 11) is -1.24. The predicted octanol–water partition coefficient (Wildman–Crippen LogP) is 1.44. The molecule has 0 amide bonds. The summed E-state index contributed by atoms with van der Waals surface area (Å²) in [5.41, 5.74) is 1.10. The Balaban J connectivity index is 2.58. The van der Waals surface area contributed by atoms with E-state index in [0.29, 0.717) is 4.90 Å². The van der Waals surface area contributed by atoms with E-state index >= 15 is 0 Å². The van der Waals surface area contributed by atoms with E-state index in [9.17, 15) is 14.1 Å². The first-order valence-corrected chi connectivity index (χ1v) is 6.43. The number of rotatable bonds is 5. The van der Waals surface area contributed by atoms with Crippen molar-refractivity contribution < 1.29 is 14.1 Å². The first-order valence-electron chi connectivity index (χ1n) is 5.11. The van der Waals surface area contributed by atoms with Crippen LogP contribution in [0.5, 0.6) is 0 Å². The summed E-state index contributed by atoms with van der Waals surface area (Å²) in [6, 6.07) is 7.33. The average molecular weight is 240 g/mol. The number of benzene rings is 1. The lowest BCUT2D eigenvalue weighted by Crippen LogP contribution is -2.19. The second-order valence-electron chi connectivity index (χ2n) is 3.89. The third-order valence-electron chi connectivity index (χ3n) is 2.15. The smallest absolute Gasteiger partial charge is 0.132 e. The van der Waals surface area contributed by atoms with Crippen LogP contribution in [0, 0.1) is 6.92 Å². The van der Waals surface area contributed by atoms with E-state index in [-0.39, 0.29) is 18.0 Å². The first-order chi connectivity index (χ1) is 7.49. The first kappa shape index (κ1) is 13.1. The van der Waals surface area contributed by atoms with Gasteiger partial charge in [-0.3, -0.25) is 9.00 Å². The molecule has 88 valence electrons. The molecule has 0 saturated heterocycles. The van der Waals surface area contributed by atoms with Gasteiger partial charge in [-0.25, -0.2) is 0 Å². The maximum absolute atomic E-state index is 11.8. The highest BCUT2D eigenvalue weighted by Gasteiger charge is 2.12. The van der Waals surface area contributed by atoms with Crippen molar-refractivity contribution in [3.63, 3.8) is 0 Å². The highest BCUT2D eigenvalue weighted by molar-refractivity contribution is 7.85. The van der Waals surface area contributed by atoms with E-state index in [4.69, 9.17) is 0 Å². The lowest BCUT2D eigenvalue weighted by molar-refractivity contribution is -0.118. The molecule has 0 aliphatic rings. The Morgan fingerprint density at radius 1 is 1.38 bits per heavy atom. The van der Waals surface area contributed by atoms with Crippen LogP contribution in [-0.2, 0) is 15.6 Å². The summed E-state index contributed by atoms with van der Waals surface area (Å²) in [5, 5.41) is 9.49. The van der Waals surface area contributed by atoms with Crippen LogP contribution in [0.15, 0.2) is 29.2 Å². The minimum Gasteiger partial charge on any atom is -0.392 e. The molecule has 0 saturated carbocycles. The normalized spacial score (nSPS) is 14.4. The van der Waals surface area contributed by atoms with E-state index in [1.807, 2.05) is 19.1 Å². The van der Waals surface area contributed by atoms with Gasteiger partial charge in [0.2, 0.25) is 0 Å². The van der Waals surface area contributed by atoms with Gasteiger partial charge >= 0.3 is 0 Å². The van der Waals surface area contributed by atoms with Gasteiger partial charge in [0.05, 0.1) is 22.7 Å². The van der Waals surface area contributed by atoms with Gasteiger partial charge in [0.15, 0.2) is 0 Å². The van der Waals surface area contributed by atoms with E-state index in [2.05, 4.69) is 0 Å². The molecule has 1 N–H and O–H groups in total. The fraction of sp³-hybridized carbons (Fsp3) is 0.417. The Bertz CT molecular complexity index is 384. The minimum absolute atomic E-state index is 0.0671. The van der Waals surface area contributed by atoms with Crippen LogP contribution >= 0.6 is 0 Å². The molecule has 0 aliphatic carbocycles. The Labute approximate surface area is 98.0 Å². The standard InChI is InChI=1S/C12H16O3S/c1-9-3-5-12(6-4-9)16(15)8-11(14)7-10(2)13/h3-6,11,14H,7-8H2,1-2H3/t11-,16+/m1/s1. The molecule has 2 atom stereocenters. The number of Topliss-reactive ketones (excluding diaryl/α,β-unsaturated/α-hetero) is 1. The van der Waals surface area contributed by atoms with Gasteiger partial charge in [0, 0.05) is 11.3 Å². The zero-order chi connectivity index (χ0) is 12.1. The lowest BCUT2D eigenvalue weighted by Gasteiger charge is -2.08. The van der Waals surface area contributed by atoms with Crippen molar-refractivity contribution in [3.8, 4) is 0 Å². The number of aryl methyl sites for hydroxylation is 1. The number of hydrogen-bond donors (Lipinski definition) is 1. The van der Waals surface area contributed by atoms with Gasteiger partial charge in [-0.1, -0.05) is 17.7 Å². The second kappa shape index (κ2) is 5.92. The Morgan fingerprint density at radius 2 is 1.94 bits per heavy atom. The predicted molar refractivity (Wildman–Crippen MR) is 63.8 cm³/mol. The maximum atomic E-state index is 11.8. The molecule has 0 fully saturated rings. The number of hydrogen-bond acceptors (Lipinski definition) is 3. The molecule has 3 nitrogen and oxygen atoms in total. The molecule has 4 heteroatoms. The molecular weight excluding hydrogens is 224 g/mol. The van der Waals surface area contributed by atoms with Crippen molar-refractivity contribution in [2.45, 2.75) is 31.3 Å². The molecule has 0 aromatic heterocycles. The Morgan fingerprint density at radius 3 is 2.44 bits per heavy atom. The van der Waals surface area contributed by atoms with Gasteiger partial charge < -0.3 is 5.11 Å². The minimum atomic E-state index is -1.24. The quantitative estimate of drug-likeness (QED) is 0.847. The zero-order valence-corrected chi connectivity index (χ0v) is 10.3. The number of aliphatic hydroxyl groups excluding tert-OH is 1. The Hall–Kier alpha value is -1.00. The van der Waals surface area contributed by atoms with Gasteiger partial charge in [0.25, 0.3) is 0 Å². The van der Waals surface area contributed by atoms with Gasteiger partial charge in [-0.2, -0.15) is 0 Å². The van der Waals surface area contributed by atoms with Crippen LogP contribution in [0.2, 0.25) is 0 Å². The van der Waals surface area contributed by atoms with E-state index in [1.165, 1.54) is 6.92 Å². The number of ketones is 1. The molecular formula is C12H16O3S. The zero-order valence-electron chi connectivity index (χ0n) is 9.47. The summed E-state index contributed by atoms with van der Waals surface area (Å²) in [6.45, 7) is 3.37. The molecule has 1 aromatic rings. The molecule has 1 aromatic carbocycles. The average Bonchev–Trinajstić information content (AvgIpc) is 2.16. The van der Waals surface area contributed by atoms with E-state index in [1.54, 1.807) is 12.1 Å². The SMILES string of the molecule is CC(=O)C[C@@H](O)C[S@](=O)c1ccc(C)cc1. The van der Waals surface area contributed by atoms with Crippen molar-refractivity contribution in [1.82, 2.24) is 0 Å². The molecule has 0 spiro atoms. The van der Waals surface area contributed by atoms with Crippen molar-refractivity contribution >= 4 is 16.6 Å². The molecule has 0 aliphatic heterocycles. The van der Waals surface area contributed by atoms with Gasteiger partial charge in [-0.05, 0) is 26.0 Å². The summed E-state index contributed by atoms with van der Waals surface area (Å²) >= 11 is 0. The monoisotopic (exact) mass is 240 g/mol. The largest absolute Gasteiger partial charge is 0.392 e.